The second-order valence-electron chi connectivity index (χ2n) is 5.43. The van der Waals surface area contributed by atoms with Gasteiger partial charge in [-0.3, -0.25) is 4.90 Å². The molecule has 0 aliphatic carbocycles. The minimum absolute atomic E-state index is 0.00593. The maximum absolute atomic E-state index is 12.1. The lowest BCUT2D eigenvalue weighted by molar-refractivity contribution is 0.178. The Labute approximate surface area is 124 Å². The van der Waals surface area contributed by atoms with Crippen LogP contribution < -0.4 is 4.90 Å². The summed E-state index contributed by atoms with van der Waals surface area (Å²) >= 11 is 0. The highest BCUT2D eigenvalue weighted by Gasteiger charge is 2.35. The molecule has 3 rings (SSSR count). The molecule has 1 saturated heterocycles. The molecule has 1 amide bonds. The molecule has 0 unspecified atom stereocenters. The van der Waals surface area contributed by atoms with Crippen LogP contribution in [-0.4, -0.2) is 23.7 Å². The Morgan fingerprint density at radius 1 is 1.24 bits per heavy atom. The number of rotatable bonds is 3. The number of benzene rings is 1. The van der Waals surface area contributed by atoms with E-state index in [1.165, 1.54) is 5.56 Å². The Hall–Kier alpha value is -2.36. The van der Waals surface area contributed by atoms with Crippen LogP contribution in [-0.2, 0) is 11.2 Å². The van der Waals surface area contributed by atoms with Gasteiger partial charge in [-0.2, -0.15) is 0 Å². The first kappa shape index (κ1) is 13.6. The largest absolute Gasteiger partial charge is 0.447 e. The zero-order valence-corrected chi connectivity index (χ0v) is 12.2. The number of hydrogen-bond donors (Lipinski definition) is 0. The standard InChI is InChI=1S/C17H18N2O2/c1-12-8-13(2)18-16(9-12)19-15(11-21-17(19)20)10-14-6-4-3-5-7-14/h3-9,15H,10-11H2,1-2H3/t15-/m0/s1. The molecule has 4 heteroatoms. The van der Waals surface area contributed by atoms with Gasteiger partial charge in [-0.25, -0.2) is 9.78 Å². The fourth-order valence-electron chi connectivity index (χ4n) is 2.72. The van der Waals surface area contributed by atoms with Crippen LogP contribution in [0.3, 0.4) is 0 Å². The first-order valence-corrected chi connectivity index (χ1v) is 7.08. The summed E-state index contributed by atoms with van der Waals surface area (Å²) in [6.07, 6.45) is 0.453. The first-order valence-electron chi connectivity index (χ1n) is 7.08. The summed E-state index contributed by atoms with van der Waals surface area (Å²) in [7, 11) is 0. The quantitative estimate of drug-likeness (QED) is 0.867. The predicted molar refractivity (Wildman–Crippen MR) is 81.5 cm³/mol. The third-order valence-corrected chi connectivity index (χ3v) is 3.61. The number of hydrogen-bond acceptors (Lipinski definition) is 3. The van der Waals surface area contributed by atoms with Crippen molar-refractivity contribution in [2.75, 3.05) is 11.5 Å². The van der Waals surface area contributed by atoms with Gasteiger partial charge in [-0.1, -0.05) is 30.3 Å². The third-order valence-electron chi connectivity index (χ3n) is 3.61. The molecule has 1 aliphatic heterocycles. The van der Waals surface area contributed by atoms with Gasteiger partial charge in [0.05, 0.1) is 6.04 Å². The maximum atomic E-state index is 12.1. The summed E-state index contributed by atoms with van der Waals surface area (Å²) in [5.74, 6) is 0.677. The van der Waals surface area contributed by atoms with Crippen LogP contribution in [0.5, 0.6) is 0 Å². The molecule has 1 aliphatic rings. The van der Waals surface area contributed by atoms with Crippen molar-refractivity contribution in [3.63, 3.8) is 0 Å². The van der Waals surface area contributed by atoms with Crippen molar-refractivity contribution < 1.29 is 9.53 Å². The summed E-state index contributed by atoms with van der Waals surface area (Å²) in [4.78, 5) is 18.2. The number of anilines is 1. The second kappa shape index (κ2) is 5.56. The molecule has 21 heavy (non-hydrogen) atoms. The summed E-state index contributed by atoms with van der Waals surface area (Å²) in [6.45, 7) is 4.35. The highest BCUT2D eigenvalue weighted by Crippen LogP contribution is 2.24. The smallest absolute Gasteiger partial charge is 0.415 e. The van der Waals surface area contributed by atoms with Crippen LogP contribution in [0.25, 0.3) is 0 Å². The molecule has 2 heterocycles. The van der Waals surface area contributed by atoms with E-state index in [0.717, 1.165) is 17.7 Å². The molecule has 0 saturated carbocycles. The number of aryl methyl sites for hydroxylation is 2. The van der Waals surface area contributed by atoms with Crippen LogP contribution in [0.15, 0.2) is 42.5 Å². The van der Waals surface area contributed by atoms with Gasteiger partial charge >= 0.3 is 6.09 Å². The Kier molecular flexibility index (Phi) is 3.60. The van der Waals surface area contributed by atoms with Crippen molar-refractivity contribution in [1.29, 1.82) is 0 Å². The third kappa shape index (κ3) is 2.89. The summed E-state index contributed by atoms with van der Waals surface area (Å²) in [5.41, 5.74) is 3.19. The van der Waals surface area contributed by atoms with Gasteiger partial charge in [0.15, 0.2) is 0 Å². The van der Waals surface area contributed by atoms with E-state index in [-0.39, 0.29) is 12.1 Å². The maximum Gasteiger partial charge on any atom is 0.415 e. The zero-order chi connectivity index (χ0) is 14.8. The van der Waals surface area contributed by atoms with Crippen molar-refractivity contribution in [2.24, 2.45) is 0 Å². The number of carbonyl (C=O) groups excluding carboxylic acids is 1. The van der Waals surface area contributed by atoms with E-state index >= 15 is 0 Å². The van der Waals surface area contributed by atoms with Gasteiger partial charge in [0.2, 0.25) is 0 Å². The Morgan fingerprint density at radius 3 is 2.71 bits per heavy atom. The van der Waals surface area contributed by atoms with E-state index < -0.39 is 0 Å². The molecule has 108 valence electrons. The van der Waals surface area contributed by atoms with Crippen LogP contribution in [0.1, 0.15) is 16.8 Å². The molecule has 1 aromatic heterocycles. The molecule has 2 aromatic rings. The van der Waals surface area contributed by atoms with E-state index in [1.807, 2.05) is 44.2 Å². The topological polar surface area (TPSA) is 42.4 Å². The zero-order valence-electron chi connectivity index (χ0n) is 12.2. The fraction of sp³-hybridized carbons (Fsp3) is 0.294. The van der Waals surface area contributed by atoms with Gasteiger partial charge in [0.1, 0.15) is 12.4 Å². The van der Waals surface area contributed by atoms with E-state index in [2.05, 4.69) is 17.1 Å². The monoisotopic (exact) mass is 282 g/mol. The average Bonchev–Trinajstić information content (AvgIpc) is 2.80. The Morgan fingerprint density at radius 2 is 2.00 bits per heavy atom. The lowest BCUT2D eigenvalue weighted by Crippen LogP contribution is -2.35. The molecule has 0 spiro atoms. The summed E-state index contributed by atoms with van der Waals surface area (Å²) in [5, 5.41) is 0. The number of pyridine rings is 1. The Bertz CT molecular complexity index is 635. The summed E-state index contributed by atoms with van der Waals surface area (Å²) < 4.78 is 5.23. The molecule has 1 aromatic carbocycles. The number of carbonyl (C=O) groups is 1. The summed E-state index contributed by atoms with van der Waals surface area (Å²) in [6, 6.07) is 14.1. The molecule has 0 bridgehead atoms. The van der Waals surface area contributed by atoms with E-state index in [4.69, 9.17) is 4.74 Å². The second-order valence-corrected chi connectivity index (χ2v) is 5.43. The van der Waals surface area contributed by atoms with E-state index in [0.29, 0.717) is 12.4 Å². The number of aromatic nitrogens is 1. The minimum Gasteiger partial charge on any atom is -0.447 e. The van der Waals surface area contributed by atoms with Crippen molar-refractivity contribution in [3.05, 3.63) is 59.3 Å². The van der Waals surface area contributed by atoms with Crippen molar-refractivity contribution in [1.82, 2.24) is 4.98 Å². The molecular formula is C17H18N2O2. The number of amides is 1. The first-order chi connectivity index (χ1) is 10.1. The van der Waals surface area contributed by atoms with Gasteiger partial charge in [-0.15, -0.1) is 0 Å². The van der Waals surface area contributed by atoms with Gasteiger partial charge in [-0.05, 0) is 43.5 Å². The highest BCUT2D eigenvalue weighted by atomic mass is 16.6. The Balaban J connectivity index is 1.89. The lowest BCUT2D eigenvalue weighted by atomic mass is 10.1. The van der Waals surface area contributed by atoms with Crippen LogP contribution in [0.2, 0.25) is 0 Å². The average molecular weight is 282 g/mol. The molecule has 4 nitrogen and oxygen atoms in total. The van der Waals surface area contributed by atoms with Crippen molar-refractivity contribution in [3.8, 4) is 0 Å². The van der Waals surface area contributed by atoms with Crippen LogP contribution >= 0.6 is 0 Å². The van der Waals surface area contributed by atoms with Crippen molar-refractivity contribution >= 4 is 11.9 Å². The van der Waals surface area contributed by atoms with Gasteiger partial charge in [0.25, 0.3) is 0 Å². The highest BCUT2D eigenvalue weighted by molar-refractivity contribution is 5.89. The van der Waals surface area contributed by atoms with Crippen LogP contribution in [0, 0.1) is 13.8 Å². The SMILES string of the molecule is Cc1cc(C)nc(N2C(=O)OC[C@@H]2Cc2ccccc2)c1. The normalized spacial score (nSPS) is 17.9. The van der Waals surface area contributed by atoms with Gasteiger partial charge < -0.3 is 4.74 Å². The number of ether oxygens (including phenoxy) is 1. The fourth-order valence-corrected chi connectivity index (χ4v) is 2.72. The molecule has 0 radical (unpaired) electrons. The minimum atomic E-state index is -0.312. The molecular weight excluding hydrogens is 264 g/mol. The van der Waals surface area contributed by atoms with Crippen LogP contribution in [0.4, 0.5) is 10.6 Å². The predicted octanol–water partition coefficient (Wildman–Crippen LogP) is 3.27. The van der Waals surface area contributed by atoms with Crippen molar-refractivity contribution in [2.45, 2.75) is 26.3 Å². The number of nitrogens with zero attached hydrogens (tertiary/aromatic N) is 2. The molecule has 1 atom stereocenters. The number of cyclic esters (lactones) is 1. The molecule has 1 fully saturated rings. The van der Waals surface area contributed by atoms with Gasteiger partial charge in [0, 0.05) is 5.69 Å². The van der Waals surface area contributed by atoms with E-state index in [9.17, 15) is 4.79 Å². The lowest BCUT2D eigenvalue weighted by Gasteiger charge is -2.21. The van der Waals surface area contributed by atoms with E-state index in [1.54, 1.807) is 4.90 Å². The molecule has 0 N–H and O–H groups in total.